The Labute approximate surface area is 314 Å². The summed E-state index contributed by atoms with van der Waals surface area (Å²) in [4.78, 5) is 62.0. The number of rotatable bonds is 20. The van der Waals surface area contributed by atoms with Crippen LogP contribution in [0.2, 0.25) is 0 Å². The molecule has 0 aromatic heterocycles. The van der Waals surface area contributed by atoms with Crippen LogP contribution in [-0.2, 0) is 38.1 Å². The molecule has 14 heteroatoms. The zero-order valence-electron chi connectivity index (χ0n) is 30.0. The van der Waals surface area contributed by atoms with E-state index in [2.05, 4.69) is 39.3 Å². The van der Waals surface area contributed by atoms with Crippen LogP contribution in [-0.4, -0.2) is 145 Å². The number of amides is 3. The van der Waals surface area contributed by atoms with Gasteiger partial charge in [0.25, 0.3) is 0 Å². The SMILES string of the molecule is C=CCCC(=O)N[C@@H](COC)[C@@H](OC(=O)[C@@H]1[C@H]2O[C@@]3(CC2Br)[C@H](C(=O)N(CC=C)CCN2CCOCC2)N(CCCCO)C(=O)[C@@H]13)c1ccccc1. The smallest absolute Gasteiger partial charge is 0.313 e. The van der Waals surface area contributed by atoms with E-state index in [0.717, 1.165) is 13.1 Å². The summed E-state index contributed by atoms with van der Waals surface area (Å²) < 4.78 is 24.0. The van der Waals surface area contributed by atoms with Gasteiger partial charge in [-0.15, -0.1) is 13.2 Å². The molecular formula is C38H53BrN4O9. The summed E-state index contributed by atoms with van der Waals surface area (Å²) in [5.41, 5.74) is -0.630. The van der Waals surface area contributed by atoms with Crippen molar-refractivity contribution in [3.8, 4) is 0 Å². The average molecular weight is 790 g/mol. The monoisotopic (exact) mass is 788 g/mol. The van der Waals surface area contributed by atoms with E-state index in [1.807, 2.05) is 30.3 Å². The molecule has 52 heavy (non-hydrogen) atoms. The fraction of sp³-hybridized carbons (Fsp3) is 0.632. The maximum Gasteiger partial charge on any atom is 0.313 e. The van der Waals surface area contributed by atoms with Crippen LogP contribution in [0.3, 0.4) is 0 Å². The summed E-state index contributed by atoms with van der Waals surface area (Å²) in [5, 5.41) is 12.5. The summed E-state index contributed by atoms with van der Waals surface area (Å²) in [6.07, 6.45) is 3.63. The molecule has 5 rings (SSSR count). The van der Waals surface area contributed by atoms with Crippen LogP contribution in [0.25, 0.3) is 0 Å². The van der Waals surface area contributed by atoms with Gasteiger partial charge in [0, 0.05) is 64.2 Å². The number of halogens is 1. The number of likely N-dealkylation sites (tertiary alicyclic amines) is 1. The minimum absolute atomic E-state index is 0.0536. The molecule has 286 valence electrons. The number of aliphatic hydroxyl groups excluding tert-OH is 1. The lowest BCUT2D eigenvalue weighted by Crippen LogP contribution is -2.57. The Kier molecular flexibility index (Phi) is 14.4. The van der Waals surface area contributed by atoms with Gasteiger partial charge in [-0.2, -0.15) is 0 Å². The van der Waals surface area contributed by atoms with Crippen molar-refractivity contribution < 1.29 is 43.2 Å². The van der Waals surface area contributed by atoms with Crippen molar-refractivity contribution in [1.82, 2.24) is 20.0 Å². The summed E-state index contributed by atoms with van der Waals surface area (Å²) in [7, 11) is 1.51. The van der Waals surface area contributed by atoms with Gasteiger partial charge in [-0.25, -0.2) is 0 Å². The number of methoxy groups -OCH3 is 1. The number of morpholine rings is 1. The molecule has 1 aromatic rings. The maximum absolute atomic E-state index is 14.7. The van der Waals surface area contributed by atoms with Crippen molar-refractivity contribution >= 4 is 39.6 Å². The van der Waals surface area contributed by atoms with E-state index in [9.17, 15) is 24.3 Å². The number of nitrogens with one attached hydrogen (secondary N) is 1. The predicted octanol–water partition coefficient (Wildman–Crippen LogP) is 2.24. The highest BCUT2D eigenvalue weighted by atomic mass is 79.9. The van der Waals surface area contributed by atoms with Gasteiger partial charge in [0.15, 0.2) is 0 Å². The molecule has 0 saturated carbocycles. The number of esters is 1. The average Bonchev–Trinajstić information content (AvgIpc) is 3.74. The summed E-state index contributed by atoms with van der Waals surface area (Å²) in [6.45, 7) is 12.0. The first kappa shape index (κ1) is 40.1. The molecule has 2 bridgehead atoms. The summed E-state index contributed by atoms with van der Waals surface area (Å²) in [6, 6.07) is 7.39. The van der Waals surface area contributed by atoms with E-state index < -0.39 is 47.7 Å². The molecule has 0 aliphatic carbocycles. The van der Waals surface area contributed by atoms with Crippen molar-refractivity contribution in [3.63, 3.8) is 0 Å². The van der Waals surface area contributed by atoms with Gasteiger partial charge >= 0.3 is 5.97 Å². The molecule has 1 aromatic carbocycles. The second-order valence-electron chi connectivity index (χ2n) is 13.9. The minimum Gasteiger partial charge on any atom is -0.455 e. The normalized spacial score (nSPS) is 27.9. The van der Waals surface area contributed by atoms with Crippen LogP contribution in [0.4, 0.5) is 0 Å². The Morgan fingerprint density at radius 3 is 2.58 bits per heavy atom. The second-order valence-corrected chi connectivity index (χ2v) is 15.1. The van der Waals surface area contributed by atoms with E-state index in [1.54, 1.807) is 22.0 Å². The molecule has 2 N–H and O–H groups in total. The zero-order chi connectivity index (χ0) is 37.3. The van der Waals surface area contributed by atoms with E-state index in [-0.39, 0.29) is 55.3 Å². The van der Waals surface area contributed by atoms with Gasteiger partial charge < -0.3 is 39.2 Å². The third-order valence-corrected chi connectivity index (χ3v) is 11.4. The fourth-order valence-corrected chi connectivity index (χ4v) is 9.09. The van der Waals surface area contributed by atoms with Crippen molar-refractivity contribution in [1.29, 1.82) is 0 Å². The van der Waals surface area contributed by atoms with Gasteiger partial charge in [0.1, 0.15) is 17.7 Å². The third kappa shape index (κ3) is 8.63. The van der Waals surface area contributed by atoms with Crippen molar-refractivity contribution in [3.05, 3.63) is 61.2 Å². The van der Waals surface area contributed by atoms with Crippen molar-refractivity contribution in [2.24, 2.45) is 11.8 Å². The first-order chi connectivity index (χ1) is 25.2. The Balaban J connectivity index is 1.45. The van der Waals surface area contributed by atoms with Crippen molar-refractivity contribution in [2.45, 2.75) is 66.8 Å². The number of nitrogens with zero attached hydrogens (tertiary/aromatic N) is 3. The molecule has 3 amide bonds. The summed E-state index contributed by atoms with van der Waals surface area (Å²) >= 11 is 3.75. The van der Waals surface area contributed by atoms with Crippen LogP contribution < -0.4 is 5.32 Å². The third-order valence-electron chi connectivity index (χ3n) is 10.6. The number of carbonyl (C=O) groups is 4. The highest BCUT2D eigenvalue weighted by molar-refractivity contribution is 9.09. The maximum atomic E-state index is 14.7. The Bertz CT molecular complexity index is 1410. The lowest BCUT2D eigenvalue weighted by atomic mass is 9.70. The van der Waals surface area contributed by atoms with Crippen LogP contribution in [0, 0.1) is 11.8 Å². The van der Waals surface area contributed by atoms with Gasteiger partial charge in [-0.05, 0) is 31.2 Å². The number of aliphatic hydroxyl groups is 1. The lowest BCUT2D eigenvalue weighted by Gasteiger charge is -2.38. The Morgan fingerprint density at radius 1 is 1.15 bits per heavy atom. The van der Waals surface area contributed by atoms with Gasteiger partial charge in [0.05, 0.1) is 43.8 Å². The van der Waals surface area contributed by atoms with E-state index in [4.69, 9.17) is 18.9 Å². The van der Waals surface area contributed by atoms with Crippen LogP contribution in [0.5, 0.6) is 0 Å². The highest BCUT2D eigenvalue weighted by Crippen LogP contribution is 2.60. The molecule has 8 atom stereocenters. The number of benzene rings is 1. The lowest BCUT2D eigenvalue weighted by molar-refractivity contribution is -0.163. The molecule has 4 aliphatic heterocycles. The number of fused-ring (bicyclic) bond motifs is 1. The number of hydrogen-bond donors (Lipinski definition) is 2. The number of ether oxygens (including phenoxy) is 4. The van der Waals surface area contributed by atoms with E-state index >= 15 is 0 Å². The van der Waals surface area contributed by atoms with Gasteiger partial charge in [0.2, 0.25) is 17.7 Å². The number of carbonyl (C=O) groups excluding carboxylic acids is 4. The largest absolute Gasteiger partial charge is 0.455 e. The number of alkyl halides is 1. The topological polar surface area (TPSA) is 147 Å². The second kappa shape index (κ2) is 18.8. The van der Waals surface area contributed by atoms with Crippen molar-refractivity contribution in [2.75, 3.05) is 72.8 Å². The zero-order valence-corrected chi connectivity index (χ0v) is 31.6. The molecule has 0 radical (unpaired) electrons. The standard InChI is InChI=1S/C38H53BrN4O9/c1-4-6-14-29(45)40-28(25-49-3)32(26-12-8-7-9-13-26)51-37(48)30-31-35(46)43(16-10-11-21-44)34(38(31)24-27(39)33(30)52-38)36(47)42(15-5-2)18-17-41-19-22-50-23-20-41/h4-5,7-9,12-13,27-28,30-34,44H,1-2,6,10-11,14-25H2,3H3,(H,40,45)/t27?,28-,30-,31+,32-,33-,34-,38+/m0/s1. The summed E-state index contributed by atoms with van der Waals surface area (Å²) in [5.74, 6) is -3.48. The van der Waals surface area contributed by atoms with Gasteiger partial charge in [-0.3, -0.25) is 24.1 Å². The first-order valence-electron chi connectivity index (χ1n) is 18.3. The predicted molar refractivity (Wildman–Crippen MR) is 196 cm³/mol. The highest BCUT2D eigenvalue weighted by Gasteiger charge is 2.77. The quantitative estimate of drug-likeness (QED) is 0.0874. The molecule has 1 spiro atoms. The molecule has 4 aliphatic rings. The minimum atomic E-state index is -1.28. The number of unbranched alkanes of at least 4 members (excludes halogenated alkanes) is 1. The van der Waals surface area contributed by atoms with Crippen LogP contribution in [0.15, 0.2) is 55.6 Å². The Morgan fingerprint density at radius 2 is 1.90 bits per heavy atom. The van der Waals surface area contributed by atoms with E-state index in [0.29, 0.717) is 57.6 Å². The molecule has 4 fully saturated rings. The number of hydrogen-bond acceptors (Lipinski definition) is 10. The fourth-order valence-electron chi connectivity index (χ4n) is 8.15. The number of allylic oxidation sites excluding steroid dienone is 1. The molecule has 4 saturated heterocycles. The van der Waals surface area contributed by atoms with Crippen LogP contribution >= 0.6 is 15.9 Å². The van der Waals surface area contributed by atoms with Gasteiger partial charge in [-0.1, -0.05) is 58.4 Å². The van der Waals surface area contributed by atoms with E-state index in [1.165, 1.54) is 7.11 Å². The molecular weight excluding hydrogens is 736 g/mol. The molecule has 4 heterocycles. The Hall–Kier alpha value is -3.14. The molecule has 1 unspecified atom stereocenters. The molecule has 13 nitrogen and oxygen atoms in total. The first-order valence-corrected chi connectivity index (χ1v) is 19.2. The van der Waals surface area contributed by atoms with Crippen LogP contribution in [0.1, 0.15) is 43.8 Å².